The summed E-state index contributed by atoms with van der Waals surface area (Å²) in [4.78, 5) is 12.4. The van der Waals surface area contributed by atoms with Gasteiger partial charge in [-0.05, 0) is 44.9 Å². The van der Waals surface area contributed by atoms with Crippen LogP contribution in [0.1, 0.15) is 41.9 Å². The minimum Gasteiger partial charge on any atom is -0.494 e. The van der Waals surface area contributed by atoms with Crippen molar-refractivity contribution in [3.63, 3.8) is 0 Å². The van der Waals surface area contributed by atoms with Crippen LogP contribution >= 0.6 is 0 Å². The second-order valence-corrected chi connectivity index (χ2v) is 6.95. The molecule has 2 heterocycles. The maximum Gasteiger partial charge on any atom is 0.220 e. The first-order chi connectivity index (χ1) is 13.4. The minimum absolute atomic E-state index is 0.0141. The second-order valence-electron chi connectivity index (χ2n) is 6.95. The smallest absolute Gasteiger partial charge is 0.220 e. The Kier molecular flexibility index (Phi) is 5.82. The zero-order valence-electron chi connectivity index (χ0n) is 17.1. The van der Waals surface area contributed by atoms with Crippen molar-refractivity contribution < 1.29 is 9.53 Å². The molecule has 1 amide bonds. The van der Waals surface area contributed by atoms with Gasteiger partial charge in [0.2, 0.25) is 5.91 Å². The van der Waals surface area contributed by atoms with Crippen molar-refractivity contribution in [2.75, 3.05) is 7.11 Å². The van der Waals surface area contributed by atoms with Crippen molar-refractivity contribution in [1.29, 1.82) is 0 Å². The lowest BCUT2D eigenvalue weighted by molar-refractivity contribution is -0.121. The summed E-state index contributed by atoms with van der Waals surface area (Å²) in [7, 11) is 3.56. The number of methoxy groups -OCH3 is 1. The summed E-state index contributed by atoms with van der Waals surface area (Å²) in [6, 6.07) is 7.56. The van der Waals surface area contributed by atoms with Gasteiger partial charge in [0.25, 0.3) is 0 Å². The summed E-state index contributed by atoms with van der Waals surface area (Å²) in [5.74, 6) is 0.760. The molecule has 7 nitrogen and oxygen atoms in total. The van der Waals surface area contributed by atoms with E-state index in [1.54, 1.807) is 18.0 Å². The number of carbonyl (C=O) groups is 1. The Morgan fingerprint density at radius 3 is 2.71 bits per heavy atom. The van der Waals surface area contributed by atoms with Gasteiger partial charge in [-0.25, -0.2) is 4.68 Å². The molecule has 1 N–H and O–H groups in total. The van der Waals surface area contributed by atoms with Crippen LogP contribution in [0.4, 0.5) is 0 Å². The molecule has 0 bridgehead atoms. The van der Waals surface area contributed by atoms with E-state index in [0.717, 1.165) is 34.0 Å². The first-order valence-electron chi connectivity index (χ1n) is 9.37. The van der Waals surface area contributed by atoms with E-state index in [4.69, 9.17) is 4.74 Å². The molecule has 1 atom stereocenters. The van der Waals surface area contributed by atoms with Gasteiger partial charge in [-0.1, -0.05) is 12.1 Å². The molecule has 1 unspecified atom stereocenters. The molecule has 1 aromatic carbocycles. The molecule has 2 aromatic heterocycles. The van der Waals surface area contributed by atoms with Gasteiger partial charge in [-0.15, -0.1) is 0 Å². The van der Waals surface area contributed by atoms with Crippen LogP contribution in [-0.4, -0.2) is 32.6 Å². The van der Waals surface area contributed by atoms with Crippen molar-refractivity contribution in [2.24, 2.45) is 7.05 Å². The first-order valence-corrected chi connectivity index (χ1v) is 9.37. The van der Waals surface area contributed by atoms with E-state index in [1.165, 1.54) is 0 Å². The Bertz CT molecular complexity index is 973. The third-order valence-corrected chi connectivity index (χ3v) is 5.07. The number of amides is 1. The summed E-state index contributed by atoms with van der Waals surface area (Å²) < 4.78 is 9.01. The highest BCUT2D eigenvalue weighted by atomic mass is 16.5. The monoisotopic (exact) mass is 381 g/mol. The molecule has 0 radical (unpaired) electrons. The topological polar surface area (TPSA) is 74.0 Å². The lowest BCUT2D eigenvalue weighted by Crippen LogP contribution is -2.26. The van der Waals surface area contributed by atoms with Crippen LogP contribution in [0.25, 0.3) is 5.69 Å². The van der Waals surface area contributed by atoms with E-state index < -0.39 is 0 Å². The molecule has 3 aromatic rings. The molecular formula is C21H27N5O2. The Morgan fingerprint density at radius 1 is 1.29 bits per heavy atom. The van der Waals surface area contributed by atoms with Crippen LogP contribution in [0.2, 0.25) is 0 Å². The number of hydrogen-bond acceptors (Lipinski definition) is 4. The zero-order chi connectivity index (χ0) is 20.3. The van der Waals surface area contributed by atoms with Crippen molar-refractivity contribution >= 4 is 5.91 Å². The van der Waals surface area contributed by atoms with Crippen molar-refractivity contribution in [2.45, 2.75) is 39.7 Å². The third kappa shape index (κ3) is 4.08. The lowest BCUT2D eigenvalue weighted by Gasteiger charge is -2.12. The summed E-state index contributed by atoms with van der Waals surface area (Å²) >= 11 is 0. The highest BCUT2D eigenvalue weighted by Crippen LogP contribution is 2.23. The SMILES string of the molecule is COc1ccccc1-n1cc(C(C)NC(=O)CCc2c(C)nn(C)c2C)cn1. The predicted molar refractivity (Wildman–Crippen MR) is 108 cm³/mol. The molecule has 0 spiro atoms. The number of rotatable bonds is 7. The van der Waals surface area contributed by atoms with Crippen LogP contribution in [0, 0.1) is 13.8 Å². The second kappa shape index (κ2) is 8.29. The molecule has 0 aliphatic heterocycles. The number of carbonyl (C=O) groups excluding carboxylic acids is 1. The van der Waals surface area contributed by atoms with E-state index in [-0.39, 0.29) is 11.9 Å². The van der Waals surface area contributed by atoms with Crippen LogP contribution < -0.4 is 10.1 Å². The van der Waals surface area contributed by atoms with E-state index in [1.807, 2.05) is 63.0 Å². The normalized spacial score (nSPS) is 12.0. The molecule has 7 heteroatoms. The minimum atomic E-state index is -0.132. The van der Waals surface area contributed by atoms with Crippen LogP contribution in [0.3, 0.4) is 0 Å². The van der Waals surface area contributed by atoms with Crippen molar-refractivity contribution in [1.82, 2.24) is 24.9 Å². The number of nitrogens with one attached hydrogen (secondary N) is 1. The van der Waals surface area contributed by atoms with Gasteiger partial charge in [-0.2, -0.15) is 10.2 Å². The summed E-state index contributed by atoms with van der Waals surface area (Å²) in [6.45, 7) is 5.97. The highest BCUT2D eigenvalue weighted by Gasteiger charge is 2.15. The van der Waals surface area contributed by atoms with Crippen LogP contribution in [-0.2, 0) is 18.3 Å². The quantitative estimate of drug-likeness (QED) is 0.683. The summed E-state index contributed by atoms with van der Waals surface area (Å²) in [5.41, 5.74) is 5.04. The van der Waals surface area contributed by atoms with E-state index in [0.29, 0.717) is 12.8 Å². The number of ether oxygens (including phenoxy) is 1. The molecule has 0 aliphatic carbocycles. The van der Waals surface area contributed by atoms with Crippen molar-refractivity contribution in [3.8, 4) is 11.4 Å². The van der Waals surface area contributed by atoms with Gasteiger partial charge < -0.3 is 10.1 Å². The molecule has 0 saturated heterocycles. The molecular weight excluding hydrogens is 354 g/mol. The fraction of sp³-hybridized carbons (Fsp3) is 0.381. The fourth-order valence-electron chi connectivity index (χ4n) is 3.33. The standard InChI is InChI=1S/C21H27N5O2/c1-14(23-21(27)11-10-18-15(2)24-25(4)16(18)3)17-12-22-26(13-17)19-8-6-7-9-20(19)28-5/h6-9,12-14H,10-11H2,1-5H3,(H,23,27). The highest BCUT2D eigenvalue weighted by molar-refractivity contribution is 5.76. The fourth-order valence-corrected chi connectivity index (χ4v) is 3.33. The largest absolute Gasteiger partial charge is 0.494 e. The lowest BCUT2D eigenvalue weighted by atomic mass is 10.1. The molecule has 3 rings (SSSR count). The number of para-hydroxylation sites is 2. The molecule has 0 fully saturated rings. The van der Waals surface area contributed by atoms with Crippen LogP contribution in [0.15, 0.2) is 36.7 Å². The maximum absolute atomic E-state index is 12.4. The van der Waals surface area contributed by atoms with Crippen molar-refractivity contribution in [3.05, 3.63) is 59.2 Å². The first kappa shape index (κ1) is 19.7. The van der Waals surface area contributed by atoms with Gasteiger partial charge >= 0.3 is 0 Å². The van der Waals surface area contributed by atoms with Gasteiger partial charge in [0.15, 0.2) is 0 Å². The van der Waals surface area contributed by atoms with Gasteiger partial charge in [0, 0.05) is 30.9 Å². The number of hydrogen-bond donors (Lipinski definition) is 1. The predicted octanol–water partition coefficient (Wildman–Crippen LogP) is 3.04. The molecule has 0 aliphatic rings. The number of aromatic nitrogens is 4. The maximum atomic E-state index is 12.4. The zero-order valence-corrected chi connectivity index (χ0v) is 17.1. The molecule has 0 saturated carbocycles. The van der Waals surface area contributed by atoms with E-state index >= 15 is 0 Å². The number of benzene rings is 1. The number of aryl methyl sites for hydroxylation is 2. The Labute approximate surface area is 165 Å². The molecule has 28 heavy (non-hydrogen) atoms. The van der Waals surface area contributed by atoms with Gasteiger partial charge in [0.1, 0.15) is 11.4 Å². The third-order valence-electron chi connectivity index (χ3n) is 5.07. The van der Waals surface area contributed by atoms with Gasteiger partial charge in [0.05, 0.1) is 25.0 Å². The average Bonchev–Trinajstić information content (AvgIpc) is 3.26. The summed E-state index contributed by atoms with van der Waals surface area (Å²) in [6.07, 6.45) is 4.80. The van der Waals surface area contributed by atoms with E-state index in [9.17, 15) is 4.79 Å². The average molecular weight is 381 g/mol. The van der Waals surface area contributed by atoms with Gasteiger partial charge in [-0.3, -0.25) is 9.48 Å². The number of nitrogens with zero attached hydrogens (tertiary/aromatic N) is 4. The van der Waals surface area contributed by atoms with E-state index in [2.05, 4.69) is 15.5 Å². The Balaban J connectivity index is 1.62. The molecule has 148 valence electrons. The van der Waals surface area contributed by atoms with Crippen LogP contribution in [0.5, 0.6) is 5.75 Å². The summed E-state index contributed by atoms with van der Waals surface area (Å²) in [5, 5.41) is 11.9. The Hall–Kier alpha value is -3.09. The Morgan fingerprint density at radius 2 is 2.04 bits per heavy atom.